The van der Waals surface area contributed by atoms with Crippen molar-refractivity contribution in [1.29, 1.82) is 0 Å². The lowest BCUT2D eigenvalue weighted by molar-refractivity contribution is -0.385. The maximum absolute atomic E-state index is 13.5. The zero-order valence-electron chi connectivity index (χ0n) is 17.4. The predicted octanol–water partition coefficient (Wildman–Crippen LogP) is 3.55. The molecule has 2 fully saturated rings. The summed E-state index contributed by atoms with van der Waals surface area (Å²) in [5.74, 6) is -2.04. The summed E-state index contributed by atoms with van der Waals surface area (Å²) in [7, 11) is 0. The highest BCUT2D eigenvalue weighted by Gasteiger charge is 2.60. The summed E-state index contributed by atoms with van der Waals surface area (Å²) >= 11 is 0. The summed E-state index contributed by atoms with van der Waals surface area (Å²) in [6.45, 7) is 0. The number of carbonyl (C=O) groups is 2. The monoisotopic (exact) mass is 460 g/mol. The van der Waals surface area contributed by atoms with E-state index in [1.807, 2.05) is 6.07 Å². The number of hydroxylamine groups is 1. The molecule has 2 heterocycles. The smallest absolute Gasteiger partial charge is 0.269 e. The van der Waals surface area contributed by atoms with Crippen LogP contribution >= 0.6 is 0 Å². The van der Waals surface area contributed by atoms with Gasteiger partial charge in [-0.15, -0.1) is 0 Å². The van der Waals surface area contributed by atoms with Gasteiger partial charge in [0.15, 0.2) is 6.10 Å². The molecule has 0 aromatic heterocycles. The molecule has 3 aromatic carbocycles. The van der Waals surface area contributed by atoms with Crippen LogP contribution in [0.2, 0.25) is 0 Å². The quantitative estimate of drug-likeness (QED) is 0.320. The van der Waals surface area contributed by atoms with Crippen molar-refractivity contribution in [3.63, 3.8) is 0 Å². The molecule has 11 heteroatoms. The molecule has 0 N–H and O–H groups in total. The Morgan fingerprint density at radius 2 is 1.26 bits per heavy atom. The molecule has 3 aromatic rings. The second-order valence-corrected chi connectivity index (χ2v) is 7.79. The highest BCUT2D eigenvalue weighted by molar-refractivity contribution is 6.24. The number of amides is 2. The highest BCUT2D eigenvalue weighted by atomic mass is 16.7. The van der Waals surface area contributed by atoms with Gasteiger partial charge in [0.05, 0.1) is 27.3 Å². The molecule has 170 valence electrons. The van der Waals surface area contributed by atoms with Crippen LogP contribution < -0.4 is 9.96 Å². The van der Waals surface area contributed by atoms with Gasteiger partial charge >= 0.3 is 0 Å². The molecule has 11 nitrogen and oxygen atoms in total. The molecule has 5 rings (SSSR count). The summed E-state index contributed by atoms with van der Waals surface area (Å²) in [6.07, 6.45) is -1.12. The number of imide groups is 1. The van der Waals surface area contributed by atoms with Gasteiger partial charge in [-0.05, 0) is 29.8 Å². The number of anilines is 2. The van der Waals surface area contributed by atoms with Crippen molar-refractivity contribution in [3.8, 4) is 0 Å². The number of carbonyl (C=O) groups excluding carboxylic acids is 2. The van der Waals surface area contributed by atoms with Crippen LogP contribution in [0.5, 0.6) is 0 Å². The Hall–Kier alpha value is -4.64. The number of non-ortho nitro benzene ring substituents is 2. The van der Waals surface area contributed by atoms with E-state index in [2.05, 4.69) is 0 Å². The fourth-order valence-corrected chi connectivity index (χ4v) is 4.32. The Morgan fingerprint density at radius 1 is 0.706 bits per heavy atom. The molecular weight excluding hydrogens is 444 g/mol. The number of nitro benzene ring substituents is 2. The minimum atomic E-state index is -1.12. The van der Waals surface area contributed by atoms with E-state index in [9.17, 15) is 29.8 Å². The third-order valence-corrected chi connectivity index (χ3v) is 5.89. The molecule has 3 atom stereocenters. The number of hydrogen-bond acceptors (Lipinski definition) is 8. The van der Waals surface area contributed by atoms with Gasteiger partial charge in [0.25, 0.3) is 17.3 Å². The molecule has 0 bridgehead atoms. The topological polar surface area (TPSA) is 136 Å². The van der Waals surface area contributed by atoms with E-state index in [4.69, 9.17) is 4.84 Å². The van der Waals surface area contributed by atoms with E-state index in [-0.39, 0.29) is 17.1 Å². The van der Waals surface area contributed by atoms with Gasteiger partial charge in [-0.25, -0.2) is 9.96 Å². The number of para-hydroxylation sites is 1. The Morgan fingerprint density at radius 3 is 1.82 bits per heavy atom. The Balaban J connectivity index is 1.55. The Bertz CT molecular complexity index is 1300. The summed E-state index contributed by atoms with van der Waals surface area (Å²) < 4.78 is 0. The Kier molecular flexibility index (Phi) is 5.02. The molecular formula is C23H16N4O7. The number of rotatable bonds is 5. The van der Waals surface area contributed by atoms with Crippen LogP contribution in [0.25, 0.3) is 0 Å². The largest absolute Gasteiger partial charge is 0.273 e. The second kappa shape index (κ2) is 8.05. The molecule has 0 spiro atoms. The van der Waals surface area contributed by atoms with Crippen LogP contribution in [0.3, 0.4) is 0 Å². The lowest BCUT2D eigenvalue weighted by atomic mass is 9.90. The van der Waals surface area contributed by atoms with Gasteiger partial charge in [0, 0.05) is 24.3 Å². The molecule has 34 heavy (non-hydrogen) atoms. The minimum absolute atomic E-state index is 0.105. The first-order chi connectivity index (χ1) is 16.4. The minimum Gasteiger partial charge on any atom is -0.273 e. The van der Waals surface area contributed by atoms with Crippen molar-refractivity contribution in [1.82, 2.24) is 0 Å². The van der Waals surface area contributed by atoms with Crippen molar-refractivity contribution < 1.29 is 24.3 Å². The summed E-state index contributed by atoms with van der Waals surface area (Å²) in [6, 6.07) is 19.0. The fourth-order valence-electron chi connectivity index (χ4n) is 4.32. The van der Waals surface area contributed by atoms with Crippen LogP contribution in [0.15, 0.2) is 78.9 Å². The molecule has 2 aliphatic rings. The normalized spacial score (nSPS) is 21.6. The molecule has 0 aliphatic carbocycles. The van der Waals surface area contributed by atoms with Gasteiger partial charge in [-0.1, -0.05) is 30.3 Å². The first-order valence-corrected chi connectivity index (χ1v) is 10.2. The maximum Gasteiger partial charge on any atom is 0.269 e. The Labute approximate surface area is 192 Å². The summed E-state index contributed by atoms with van der Waals surface area (Å²) in [4.78, 5) is 54.7. The van der Waals surface area contributed by atoms with Gasteiger partial charge in [0.2, 0.25) is 5.91 Å². The van der Waals surface area contributed by atoms with Crippen molar-refractivity contribution >= 4 is 34.6 Å². The van der Waals surface area contributed by atoms with Gasteiger partial charge < -0.3 is 0 Å². The standard InChI is InChI=1S/C23H16N4O7/c28-22-19-20(14-6-8-17(9-7-14)26(30)31)25(16-4-2-1-3-5-16)34-21(19)23(29)24(22)15-10-12-18(13-11-15)27(32)33/h1-13,19-21H/t19-,20+,21-/m0/s1. The van der Waals surface area contributed by atoms with E-state index < -0.39 is 39.7 Å². The van der Waals surface area contributed by atoms with E-state index >= 15 is 0 Å². The SMILES string of the molecule is O=C1[C@@H]2[C@H](ON(c3ccccc3)[C@@H]2c2ccc([N+](=O)[O-])cc2)C(=O)N1c1ccc([N+](=O)[O-])cc1. The first-order valence-electron chi connectivity index (χ1n) is 10.2. The van der Waals surface area contributed by atoms with E-state index in [0.29, 0.717) is 11.3 Å². The number of fused-ring (bicyclic) bond motifs is 1. The van der Waals surface area contributed by atoms with Crippen LogP contribution in [-0.2, 0) is 14.4 Å². The first kappa shape index (κ1) is 21.2. The maximum atomic E-state index is 13.5. The third kappa shape index (κ3) is 3.35. The highest BCUT2D eigenvalue weighted by Crippen LogP contribution is 2.47. The van der Waals surface area contributed by atoms with Crippen molar-refractivity contribution in [2.75, 3.05) is 9.96 Å². The van der Waals surface area contributed by atoms with Crippen molar-refractivity contribution in [2.24, 2.45) is 5.92 Å². The molecule has 0 radical (unpaired) electrons. The molecule has 0 saturated carbocycles. The van der Waals surface area contributed by atoms with Crippen molar-refractivity contribution in [3.05, 3.63) is 105 Å². The van der Waals surface area contributed by atoms with E-state index in [1.165, 1.54) is 53.6 Å². The van der Waals surface area contributed by atoms with E-state index in [0.717, 1.165) is 4.90 Å². The van der Waals surface area contributed by atoms with Crippen LogP contribution in [0, 0.1) is 26.1 Å². The number of benzene rings is 3. The average molecular weight is 460 g/mol. The summed E-state index contributed by atoms with van der Waals surface area (Å²) in [5, 5.41) is 23.5. The van der Waals surface area contributed by atoms with E-state index in [1.54, 1.807) is 24.3 Å². The average Bonchev–Trinajstić information content (AvgIpc) is 3.35. The summed E-state index contributed by atoms with van der Waals surface area (Å²) in [5.41, 5.74) is 1.11. The molecule has 0 unspecified atom stereocenters. The van der Waals surface area contributed by atoms with Gasteiger partial charge in [0.1, 0.15) is 5.92 Å². The van der Waals surface area contributed by atoms with Crippen LogP contribution in [0.4, 0.5) is 22.7 Å². The lowest BCUT2D eigenvalue weighted by Crippen LogP contribution is -2.37. The number of nitro groups is 2. The van der Waals surface area contributed by atoms with Gasteiger partial charge in [-0.2, -0.15) is 0 Å². The van der Waals surface area contributed by atoms with Crippen LogP contribution in [0.1, 0.15) is 11.6 Å². The number of hydrogen-bond donors (Lipinski definition) is 0. The third-order valence-electron chi connectivity index (χ3n) is 5.89. The number of nitrogens with zero attached hydrogens (tertiary/aromatic N) is 4. The second-order valence-electron chi connectivity index (χ2n) is 7.79. The fraction of sp³-hybridized carbons (Fsp3) is 0.130. The predicted molar refractivity (Wildman–Crippen MR) is 119 cm³/mol. The zero-order valence-corrected chi connectivity index (χ0v) is 17.4. The zero-order chi connectivity index (χ0) is 24.0. The molecule has 2 amide bonds. The molecule has 2 aliphatic heterocycles. The van der Waals surface area contributed by atoms with Crippen molar-refractivity contribution in [2.45, 2.75) is 12.1 Å². The lowest BCUT2D eigenvalue weighted by Gasteiger charge is -2.28. The van der Waals surface area contributed by atoms with Gasteiger partial charge in [-0.3, -0.25) is 34.7 Å². The van der Waals surface area contributed by atoms with Crippen LogP contribution in [-0.4, -0.2) is 27.8 Å². The molecule has 2 saturated heterocycles.